The van der Waals surface area contributed by atoms with Crippen molar-refractivity contribution in [3.63, 3.8) is 0 Å². The quantitative estimate of drug-likeness (QED) is 0.506. The fourth-order valence-electron chi connectivity index (χ4n) is 3.36. The van der Waals surface area contributed by atoms with Crippen LogP contribution in [-0.2, 0) is 19.5 Å². The van der Waals surface area contributed by atoms with E-state index in [1.165, 1.54) is 9.58 Å². The van der Waals surface area contributed by atoms with E-state index in [1.807, 2.05) is 30.8 Å². The third kappa shape index (κ3) is 5.65. The van der Waals surface area contributed by atoms with Gasteiger partial charge in [0.1, 0.15) is 5.82 Å². The number of aryl methyl sites for hydroxylation is 3. The van der Waals surface area contributed by atoms with Gasteiger partial charge >= 0.3 is 11.7 Å². The van der Waals surface area contributed by atoms with Crippen molar-refractivity contribution in [2.75, 3.05) is 11.9 Å². The summed E-state index contributed by atoms with van der Waals surface area (Å²) in [5.41, 5.74) is 1.83. The van der Waals surface area contributed by atoms with E-state index in [0.717, 1.165) is 49.3 Å². The number of anilines is 1. The van der Waals surface area contributed by atoms with Crippen molar-refractivity contribution in [1.82, 2.24) is 19.7 Å². The van der Waals surface area contributed by atoms with Gasteiger partial charge in [-0.1, -0.05) is 13.8 Å². The van der Waals surface area contributed by atoms with Crippen LogP contribution in [-0.4, -0.2) is 32.2 Å². The first-order chi connectivity index (χ1) is 14.0. The minimum Gasteiger partial charge on any atom is -0.338 e. The topological polar surface area (TPSA) is 81.0 Å². The van der Waals surface area contributed by atoms with Gasteiger partial charge in [-0.25, -0.2) is 14.3 Å². The molecule has 8 heteroatoms. The van der Waals surface area contributed by atoms with Crippen molar-refractivity contribution in [2.24, 2.45) is 0 Å². The average Bonchev–Trinajstić information content (AvgIpc) is 3.03. The Kier molecular flexibility index (Phi) is 7.41. The van der Waals surface area contributed by atoms with E-state index in [4.69, 9.17) is 0 Å². The van der Waals surface area contributed by atoms with Gasteiger partial charge in [-0.15, -0.1) is 11.8 Å². The zero-order chi connectivity index (χ0) is 20.8. The van der Waals surface area contributed by atoms with Crippen molar-refractivity contribution in [1.29, 1.82) is 0 Å². The predicted octanol–water partition coefficient (Wildman–Crippen LogP) is 3.79. The summed E-state index contributed by atoms with van der Waals surface area (Å²) in [4.78, 5) is 25.7. The molecule has 2 aromatic rings. The van der Waals surface area contributed by atoms with E-state index in [9.17, 15) is 9.59 Å². The number of thioether (sulfide) groups is 1. The van der Waals surface area contributed by atoms with Crippen LogP contribution in [0.15, 0.2) is 27.9 Å². The van der Waals surface area contributed by atoms with E-state index in [-0.39, 0.29) is 11.7 Å². The number of benzene rings is 1. The Bertz CT molecular complexity index is 905. The Morgan fingerprint density at radius 2 is 2.17 bits per heavy atom. The van der Waals surface area contributed by atoms with Gasteiger partial charge in [0, 0.05) is 41.9 Å². The zero-order valence-corrected chi connectivity index (χ0v) is 18.3. The first-order valence-electron chi connectivity index (χ1n) is 10.5. The molecule has 2 N–H and O–H groups in total. The number of hydrogen-bond donors (Lipinski definition) is 2. The van der Waals surface area contributed by atoms with Crippen LogP contribution >= 0.6 is 11.8 Å². The molecule has 0 aliphatic carbocycles. The largest absolute Gasteiger partial charge is 0.345 e. The third-order valence-corrected chi connectivity index (χ3v) is 6.48. The van der Waals surface area contributed by atoms with Crippen molar-refractivity contribution in [3.8, 4) is 0 Å². The molecule has 158 valence electrons. The Morgan fingerprint density at radius 1 is 1.34 bits per heavy atom. The lowest BCUT2D eigenvalue weighted by molar-refractivity contribution is 0.251. The highest BCUT2D eigenvalue weighted by atomic mass is 32.2. The van der Waals surface area contributed by atoms with Crippen molar-refractivity contribution in [2.45, 2.75) is 76.1 Å². The molecule has 0 saturated carbocycles. The highest BCUT2D eigenvalue weighted by molar-refractivity contribution is 7.99. The lowest BCUT2D eigenvalue weighted by Gasteiger charge is -2.13. The number of amides is 2. The Hall–Kier alpha value is -2.22. The molecule has 0 bridgehead atoms. The van der Waals surface area contributed by atoms with E-state index < -0.39 is 0 Å². The highest BCUT2D eigenvalue weighted by Crippen LogP contribution is 2.28. The molecule has 2 amide bonds. The summed E-state index contributed by atoms with van der Waals surface area (Å²) in [7, 11) is 0. The standard InChI is InChI=1S/C21H31N5O2S/c1-4-16(3)29-17-9-10-18(15(2)14-17)23-20(27)22-11-7-13-26-21(28)25-12-6-5-8-19(25)24-26/h9-10,14,16H,4-8,11-13H2,1-3H3,(H2,22,23,27). The minimum atomic E-state index is -0.230. The van der Waals surface area contributed by atoms with Crippen LogP contribution in [0.4, 0.5) is 10.5 Å². The first-order valence-corrected chi connectivity index (χ1v) is 11.3. The molecule has 29 heavy (non-hydrogen) atoms. The van der Waals surface area contributed by atoms with Gasteiger partial charge in [-0.05, 0) is 56.4 Å². The van der Waals surface area contributed by atoms with Gasteiger partial charge in [0.05, 0.1) is 0 Å². The Balaban J connectivity index is 1.44. The van der Waals surface area contributed by atoms with E-state index >= 15 is 0 Å². The number of nitrogens with zero attached hydrogens (tertiary/aromatic N) is 3. The monoisotopic (exact) mass is 417 g/mol. The number of carbonyl (C=O) groups excluding carboxylic acids is 1. The first kappa shape index (κ1) is 21.5. The highest BCUT2D eigenvalue weighted by Gasteiger charge is 2.16. The number of nitrogens with one attached hydrogen (secondary N) is 2. The third-order valence-electron chi connectivity index (χ3n) is 5.22. The smallest absolute Gasteiger partial charge is 0.338 e. The van der Waals surface area contributed by atoms with Gasteiger partial charge in [-0.2, -0.15) is 5.10 Å². The summed E-state index contributed by atoms with van der Waals surface area (Å²) < 4.78 is 3.30. The fourth-order valence-corrected chi connectivity index (χ4v) is 4.38. The molecule has 1 aliphatic rings. The molecule has 1 aromatic carbocycles. The van der Waals surface area contributed by atoms with E-state index in [2.05, 4.69) is 35.6 Å². The lowest BCUT2D eigenvalue weighted by atomic mass is 10.2. The second-order valence-corrected chi connectivity index (χ2v) is 9.09. The second kappa shape index (κ2) is 10.0. The van der Waals surface area contributed by atoms with E-state index in [1.54, 1.807) is 4.57 Å². The van der Waals surface area contributed by atoms with Crippen LogP contribution < -0.4 is 16.3 Å². The second-order valence-electron chi connectivity index (χ2n) is 7.58. The summed E-state index contributed by atoms with van der Waals surface area (Å²) >= 11 is 1.85. The Labute approximate surface area is 176 Å². The summed E-state index contributed by atoms with van der Waals surface area (Å²) in [6.45, 7) is 8.17. The minimum absolute atomic E-state index is 0.0323. The van der Waals surface area contributed by atoms with Gasteiger partial charge < -0.3 is 10.6 Å². The van der Waals surface area contributed by atoms with Gasteiger partial charge in [0.25, 0.3) is 0 Å². The number of hydrogen-bond acceptors (Lipinski definition) is 4. The van der Waals surface area contributed by atoms with Crippen LogP contribution in [0.25, 0.3) is 0 Å². The molecular formula is C21H31N5O2S. The van der Waals surface area contributed by atoms with Crippen molar-refractivity contribution in [3.05, 3.63) is 40.1 Å². The molecule has 3 rings (SSSR count). The lowest BCUT2D eigenvalue weighted by Crippen LogP contribution is -2.31. The molecule has 2 heterocycles. The van der Waals surface area contributed by atoms with Crippen LogP contribution in [0.5, 0.6) is 0 Å². The van der Waals surface area contributed by atoms with Crippen molar-refractivity contribution >= 4 is 23.5 Å². The van der Waals surface area contributed by atoms with Gasteiger partial charge in [0.2, 0.25) is 0 Å². The average molecular weight is 418 g/mol. The zero-order valence-electron chi connectivity index (χ0n) is 17.5. The molecule has 0 radical (unpaired) electrons. The molecule has 0 spiro atoms. The number of aromatic nitrogens is 3. The Morgan fingerprint density at radius 3 is 2.90 bits per heavy atom. The molecular weight excluding hydrogens is 386 g/mol. The fraction of sp³-hybridized carbons (Fsp3) is 0.571. The van der Waals surface area contributed by atoms with Crippen LogP contribution in [0.1, 0.15) is 50.9 Å². The maximum Gasteiger partial charge on any atom is 0.345 e. The van der Waals surface area contributed by atoms with Crippen LogP contribution in [0.3, 0.4) is 0 Å². The molecule has 1 aromatic heterocycles. The summed E-state index contributed by atoms with van der Waals surface area (Å²) in [6, 6.07) is 5.88. The van der Waals surface area contributed by atoms with Crippen LogP contribution in [0.2, 0.25) is 0 Å². The number of rotatable bonds is 8. The van der Waals surface area contributed by atoms with Gasteiger partial charge in [0.15, 0.2) is 0 Å². The van der Waals surface area contributed by atoms with Gasteiger partial charge in [-0.3, -0.25) is 4.57 Å². The van der Waals surface area contributed by atoms with Crippen LogP contribution in [0, 0.1) is 6.92 Å². The number of urea groups is 1. The predicted molar refractivity (Wildman–Crippen MR) is 118 cm³/mol. The molecule has 1 atom stereocenters. The summed E-state index contributed by atoms with van der Waals surface area (Å²) in [6.07, 6.45) is 4.79. The summed E-state index contributed by atoms with van der Waals surface area (Å²) in [5.74, 6) is 0.886. The number of fused-ring (bicyclic) bond motifs is 1. The summed E-state index contributed by atoms with van der Waals surface area (Å²) in [5, 5.41) is 10.8. The molecule has 0 fully saturated rings. The molecule has 7 nitrogen and oxygen atoms in total. The molecule has 1 unspecified atom stereocenters. The molecule has 1 aliphatic heterocycles. The maximum atomic E-state index is 12.3. The normalized spacial score (nSPS) is 14.3. The molecule has 0 saturated heterocycles. The van der Waals surface area contributed by atoms with E-state index in [0.29, 0.717) is 24.8 Å². The van der Waals surface area contributed by atoms with Crippen molar-refractivity contribution < 1.29 is 4.79 Å². The number of carbonyl (C=O) groups is 1. The maximum absolute atomic E-state index is 12.3. The SMILES string of the molecule is CCC(C)Sc1ccc(NC(=O)NCCCn2nc3n(c2=O)CCCC3)c(C)c1.